The normalized spacial score (nSPS) is 13.7. The van der Waals surface area contributed by atoms with Gasteiger partial charge in [0.05, 0.1) is 26.2 Å². The predicted octanol–water partition coefficient (Wildman–Crippen LogP) is 2.78. The number of aryl methyl sites for hydroxylation is 1. The molecular weight excluding hydrogens is 254 g/mol. The molecule has 1 rings (SSSR count). The first-order valence-corrected chi connectivity index (χ1v) is 6.93. The minimum absolute atomic E-state index is 0.236. The lowest BCUT2D eigenvalue weighted by Gasteiger charge is -2.32. The fourth-order valence-corrected chi connectivity index (χ4v) is 2.27. The zero-order valence-corrected chi connectivity index (χ0v) is 13.1. The predicted molar refractivity (Wildman–Crippen MR) is 80.0 cm³/mol. The van der Waals surface area contributed by atoms with Gasteiger partial charge in [0.1, 0.15) is 5.75 Å². The molecule has 0 heterocycles. The molecule has 0 fully saturated rings. The number of esters is 1. The van der Waals surface area contributed by atoms with Crippen molar-refractivity contribution in [2.45, 2.75) is 39.2 Å². The Morgan fingerprint density at radius 3 is 2.60 bits per heavy atom. The number of hydrogen-bond acceptors (Lipinski definition) is 4. The number of benzene rings is 1. The molecule has 0 bridgehead atoms. The SMILES string of the molecule is CCCNC(C)(CC(=O)OC)c1cc(C)ccc1OC. The molecule has 1 N–H and O–H groups in total. The third kappa shape index (κ3) is 3.97. The largest absolute Gasteiger partial charge is 0.496 e. The van der Waals surface area contributed by atoms with Crippen molar-refractivity contribution in [2.75, 3.05) is 20.8 Å². The highest BCUT2D eigenvalue weighted by atomic mass is 16.5. The molecule has 0 spiro atoms. The van der Waals surface area contributed by atoms with Crippen LogP contribution in [0.15, 0.2) is 18.2 Å². The van der Waals surface area contributed by atoms with Gasteiger partial charge in [-0.05, 0) is 32.9 Å². The molecule has 4 nitrogen and oxygen atoms in total. The van der Waals surface area contributed by atoms with Crippen LogP contribution in [-0.2, 0) is 15.1 Å². The zero-order chi connectivity index (χ0) is 15.2. The van der Waals surface area contributed by atoms with Crippen LogP contribution in [0, 0.1) is 6.92 Å². The maximum absolute atomic E-state index is 11.7. The third-order valence-electron chi connectivity index (χ3n) is 3.44. The lowest BCUT2D eigenvalue weighted by atomic mass is 9.86. The Balaban J connectivity index is 3.21. The highest BCUT2D eigenvalue weighted by Crippen LogP contribution is 2.33. The van der Waals surface area contributed by atoms with E-state index < -0.39 is 5.54 Å². The Bertz CT molecular complexity index is 459. The molecule has 112 valence electrons. The van der Waals surface area contributed by atoms with Gasteiger partial charge >= 0.3 is 5.97 Å². The summed E-state index contributed by atoms with van der Waals surface area (Å²) in [5.74, 6) is 0.547. The van der Waals surface area contributed by atoms with Crippen LogP contribution in [-0.4, -0.2) is 26.7 Å². The molecule has 0 amide bonds. The van der Waals surface area contributed by atoms with Gasteiger partial charge in [0.25, 0.3) is 0 Å². The monoisotopic (exact) mass is 279 g/mol. The fourth-order valence-electron chi connectivity index (χ4n) is 2.27. The maximum atomic E-state index is 11.7. The molecule has 4 heteroatoms. The number of carbonyl (C=O) groups is 1. The standard InChI is InChI=1S/C16H25NO3/c1-6-9-17-16(3,11-15(18)20-5)13-10-12(2)7-8-14(13)19-4/h7-8,10,17H,6,9,11H2,1-5H3. The molecule has 20 heavy (non-hydrogen) atoms. The fraction of sp³-hybridized carbons (Fsp3) is 0.562. The smallest absolute Gasteiger partial charge is 0.307 e. The van der Waals surface area contributed by atoms with Crippen molar-refractivity contribution >= 4 is 5.97 Å². The molecule has 1 unspecified atom stereocenters. The lowest BCUT2D eigenvalue weighted by molar-refractivity contribution is -0.142. The van der Waals surface area contributed by atoms with Gasteiger partial charge in [-0.25, -0.2) is 0 Å². The summed E-state index contributed by atoms with van der Waals surface area (Å²) >= 11 is 0. The van der Waals surface area contributed by atoms with E-state index in [4.69, 9.17) is 9.47 Å². The van der Waals surface area contributed by atoms with Crippen molar-refractivity contribution in [3.63, 3.8) is 0 Å². The highest BCUT2D eigenvalue weighted by molar-refractivity contribution is 5.71. The summed E-state index contributed by atoms with van der Waals surface area (Å²) in [6.07, 6.45) is 1.26. The van der Waals surface area contributed by atoms with Crippen LogP contribution in [0.2, 0.25) is 0 Å². The van der Waals surface area contributed by atoms with Crippen LogP contribution < -0.4 is 10.1 Å². The van der Waals surface area contributed by atoms with Crippen LogP contribution >= 0.6 is 0 Å². The molecule has 0 aliphatic carbocycles. The van der Waals surface area contributed by atoms with Gasteiger partial charge in [-0.15, -0.1) is 0 Å². The van der Waals surface area contributed by atoms with E-state index in [1.54, 1.807) is 7.11 Å². The number of carbonyl (C=O) groups excluding carboxylic acids is 1. The molecule has 0 aromatic heterocycles. The minimum Gasteiger partial charge on any atom is -0.496 e. The van der Waals surface area contributed by atoms with E-state index in [0.717, 1.165) is 29.8 Å². The first kappa shape index (κ1) is 16.5. The average molecular weight is 279 g/mol. The first-order chi connectivity index (χ1) is 9.46. The van der Waals surface area contributed by atoms with Crippen molar-refractivity contribution in [1.82, 2.24) is 5.32 Å². The summed E-state index contributed by atoms with van der Waals surface area (Å²) in [7, 11) is 3.06. The van der Waals surface area contributed by atoms with Gasteiger partial charge in [0.2, 0.25) is 0 Å². The third-order valence-corrected chi connectivity index (χ3v) is 3.44. The summed E-state index contributed by atoms with van der Waals surface area (Å²) < 4.78 is 10.3. The topological polar surface area (TPSA) is 47.6 Å². The summed E-state index contributed by atoms with van der Waals surface area (Å²) in [5, 5.41) is 3.45. The Kier molecular flexibility index (Phi) is 6.02. The van der Waals surface area contributed by atoms with Gasteiger partial charge in [-0.3, -0.25) is 4.79 Å². The lowest BCUT2D eigenvalue weighted by Crippen LogP contribution is -2.42. The Labute approximate surface area is 121 Å². The van der Waals surface area contributed by atoms with E-state index in [-0.39, 0.29) is 12.4 Å². The Hall–Kier alpha value is -1.55. The molecule has 0 saturated carbocycles. The molecular formula is C16H25NO3. The number of methoxy groups -OCH3 is 2. The highest BCUT2D eigenvalue weighted by Gasteiger charge is 2.32. The second kappa shape index (κ2) is 7.29. The maximum Gasteiger partial charge on any atom is 0.307 e. The number of ether oxygens (including phenoxy) is 2. The van der Waals surface area contributed by atoms with E-state index in [1.807, 2.05) is 26.0 Å². The van der Waals surface area contributed by atoms with Crippen molar-refractivity contribution in [3.05, 3.63) is 29.3 Å². The molecule has 0 aliphatic heterocycles. The minimum atomic E-state index is -0.500. The Morgan fingerprint density at radius 1 is 1.35 bits per heavy atom. The van der Waals surface area contributed by atoms with Crippen LogP contribution in [0.3, 0.4) is 0 Å². The number of hydrogen-bond donors (Lipinski definition) is 1. The summed E-state index contributed by atoms with van der Waals surface area (Å²) in [4.78, 5) is 11.7. The second-order valence-corrected chi connectivity index (χ2v) is 5.22. The first-order valence-electron chi connectivity index (χ1n) is 6.93. The van der Waals surface area contributed by atoms with Gasteiger partial charge in [-0.1, -0.05) is 24.6 Å². The van der Waals surface area contributed by atoms with E-state index in [0.29, 0.717) is 0 Å². The molecule has 0 aliphatic rings. The Morgan fingerprint density at radius 2 is 2.05 bits per heavy atom. The van der Waals surface area contributed by atoms with E-state index in [1.165, 1.54) is 7.11 Å². The van der Waals surface area contributed by atoms with Crippen LogP contribution in [0.4, 0.5) is 0 Å². The second-order valence-electron chi connectivity index (χ2n) is 5.22. The van der Waals surface area contributed by atoms with Crippen molar-refractivity contribution < 1.29 is 14.3 Å². The molecule has 1 atom stereocenters. The number of rotatable bonds is 7. The van der Waals surface area contributed by atoms with E-state index in [9.17, 15) is 4.79 Å². The summed E-state index contributed by atoms with van der Waals surface area (Å²) in [6.45, 7) is 6.96. The van der Waals surface area contributed by atoms with E-state index >= 15 is 0 Å². The number of nitrogens with one attached hydrogen (secondary N) is 1. The van der Waals surface area contributed by atoms with Crippen molar-refractivity contribution in [2.24, 2.45) is 0 Å². The molecule has 1 aromatic rings. The van der Waals surface area contributed by atoms with Crippen molar-refractivity contribution in [3.8, 4) is 5.75 Å². The van der Waals surface area contributed by atoms with Gasteiger partial charge < -0.3 is 14.8 Å². The zero-order valence-electron chi connectivity index (χ0n) is 13.1. The van der Waals surface area contributed by atoms with Crippen LogP contribution in [0.25, 0.3) is 0 Å². The van der Waals surface area contributed by atoms with Gasteiger partial charge in [0.15, 0.2) is 0 Å². The van der Waals surface area contributed by atoms with Gasteiger partial charge in [0, 0.05) is 5.56 Å². The molecule has 1 aromatic carbocycles. The molecule has 0 radical (unpaired) electrons. The van der Waals surface area contributed by atoms with Crippen LogP contribution in [0.1, 0.15) is 37.8 Å². The summed E-state index contributed by atoms with van der Waals surface area (Å²) in [5.41, 5.74) is 1.62. The quantitative estimate of drug-likeness (QED) is 0.780. The van der Waals surface area contributed by atoms with Crippen LogP contribution in [0.5, 0.6) is 5.75 Å². The van der Waals surface area contributed by atoms with Gasteiger partial charge in [-0.2, -0.15) is 0 Å². The average Bonchev–Trinajstić information content (AvgIpc) is 2.45. The molecule has 0 saturated heterocycles. The van der Waals surface area contributed by atoms with E-state index in [2.05, 4.69) is 18.3 Å². The van der Waals surface area contributed by atoms with Crippen molar-refractivity contribution in [1.29, 1.82) is 0 Å². The summed E-state index contributed by atoms with van der Waals surface area (Å²) in [6, 6.07) is 6.00.